The van der Waals surface area contributed by atoms with E-state index >= 15 is 0 Å². The van der Waals surface area contributed by atoms with Gasteiger partial charge in [0.1, 0.15) is 0 Å². The van der Waals surface area contributed by atoms with Gasteiger partial charge in [-0.2, -0.15) is 4.68 Å². The Morgan fingerprint density at radius 3 is 2.89 bits per heavy atom. The lowest BCUT2D eigenvalue weighted by Gasteiger charge is -2.31. The lowest BCUT2D eigenvalue weighted by molar-refractivity contribution is 0.208. The molecule has 19 heavy (non-hydrogen) atoms. The van der Waals surface area contributed by atoms with Crippen molar-refractivity contribution in [3.8, 4) is 5.69 Å². The predicted molar refractivity (Wildman–Crippen MR) is 71.2 cm³/mol. The van der Waals surface area contributed by atoms with Crippen molar-refractivity contribution < 1.29 is 5.11 Å². The summed E-state index contributed by atoms with van der Waals surface area (Å²) in [4.78, 5) is 2.15. The van der Waals surface area contributed by atoms with Gasteiger partial charge in [0, 0.05) is 19.7 Å². The number of anilines is 1. The molecule has 0 amide bonds. The molecule has 0 unspecified atom stereocenters. The summed E-state index contributed by atoms with van der Waals surface area (Å²) in [7, 11) is 0. The maximum absolute atomic E-state index is 9.31. The summed E-state index contributed by atoms with van der Waals surface area (Å²) in [6.07, 6.45) is 2.13. The average Bonchev–Trinajstić information content (AvgIpc) is 2.98. The van der Waals surface area contributed by atoms with Crippen LogP contribution in [0.1, 0.15) is 12.8 Å². The Balaban J connectivity index is 1.88. The highest BCUT2D eigenvalue weighted by Gasteiger charge is 2.23. The topological polar surface area (TPSA) is 67.1 Å². The van der Waals surface area contributed by atoms with Crippen LogP contribution in [-0.4, -0.2) is 45.0 Å². The number of aliphatic hydroxyl groups excluding tert-OH is 1. The van der Waals surface area contributed by atoms with E-state index in [-0.39, 0.29) is 6.61 Å². The molecule has 1 fully saturated rings. The first-order chi connectivity index (χ1) is 9.38. The molecular weight excluding hydrogens is 242 g/mol. The van der Waals surface area contributed by atoms with Crippen LogP contribution in [0, 0.1) is 5.92 Å². The minimum Gasteiger partial charge on any atom is -0.396 e. The molecule has 6 heteroatoms. The molecule has 0 aliphatic carbocycles. The zero-order valence-corrected chi connectivity index (χ0v) is 10.7. The average molecular weight is 259 g/mol. The smallest absolute Gasteiger partial charge is 0.250 e. The second-order valence-electron chi connectivity index (χ2n) is 4.86. The first-order valence-corrected chi connectivity index (χ1v) is 6.58. The highest BCUT2D eigenvalue weighted by atomic mass is 16.3. The number of hydrogen-bond donors (Lipinski definition) is 1. The Hall–Kier alpha value is -1.95. The number of hydrogen-bond acceptors (Lipinski definition) is 5. The molecule has 1 saturated heterocycles. The SMILES string of the molecule is OC[C@H]1CCCN(c2nnnn2-c2ccccc2)C1. The second kappa shape index (κ2) is 5.36. The molecule has 1 atom stereocenters. The number of tetrazole rings is 1. The van der Waals surface area contributed by atoms with Crippen molar-refractivity contribution in [2.75, 3.05) is 24.6 Å². The maximum Gasteiger partial charge on any atom is 0.250 e. The normalized spacial score (nSPS) is 19.6. The van der Waals surface area contributed by atoms with Crippen molar-refractivity contribution in [2.45, 2.75) is 12.8 Å². The summed E-state index contributed by atoms with van der Waals surface area (Å²) < 4.78 is 1.75. The molecule has 0 spiro atoms. The van der Waals surface area contributed by atoms with Gasteiger partial charge in [-0.25, -0.2) is 0 Å². The van der Waals surface area contributed by atoms with Gasteiger partial charge >= 0.3 is 0 Å². The van der Waals surface area contributed by atoms with Crippen LogP contribution >= 0.6 is 0 Å². The van der Waals surface area contributed by atoms with Crippen molar-refractivity contribution in [1.29, 1.82) is 0 Å². The number of nitrogens with zero attached hydrogens (tertiary/aromatic N) is 5. The van der Waals surface area contributed by atoms with Gasteiger partial charge in [-0.3, -0.25) is 0 Å². The Bertz CT molecular complexity index is 527. The number of aromatic nitrogens is 4. The minimum atomic E-state index is 0.226. The fourth-order valence-electron chi connectivity index (χ4n) is 2.51. The lowest BCUT2D eigenvalue weighted by atomic mass is 9.99. The van der Waals surface area contributed by atoms with Crippen molar-refractivity contribution in [3.05, 3.63) is 30.3 Å². The van der Waals surface area contributed by atoms with Crippen LogP contribution in [0.4, 0.5) is 5.95 Å². The summed E-state index contributed by atoms with van der Waals surface area (Å²) in [5.74, 6) is 1.07. The van der Waals surface area contributed by atoms with Crippen molar-refractivity contribution in [2.24, 2.45) is 5.92 Å². The predicted octanol–water partition coefficient (Wildman–Crippen LogP) is 0.871. The van der Waals surface area contributed by atoms with E-state index in [2.05, 4.69) is 20.4 Å². The van der Waals surface area contributed by atoms with Gasteiger partial charge in [0.25, 0.3) is 0 Å². The first kappa shape index (κ1) is 12.1. The Labute approximate surface area is 111 Å². The monoisotopic (exact) mass is 259 g/mol. The summed E-state index contributed by atoms with van der Waals surface area (Å²) in [5.41, 5.74) is 0.952. The van der Waals surface area contributed by atoms with Crippen molar-refractivity contribution in [3.63, 3.8) is 0 Å². The van der Waals surface area contributed by atoms with Crippen LogP contribution in [-0.2, 0) is 0 Å². The zero-order valence-electron chi connectivity index (χ0n) is 10.7. The Morgan fingerprint density at radius 1 is 1.26 bits per heavy atom. The third-order valence-electron chi connectivity index (χ3n) is 3.51. The van der Waals surface area contributed by atoms with E-state index in [9.17, 15) is 5.11 Å². The Morgan fingerprint density at radius 2 is 2.11 bits per heavy atom. The van der Waals surface area contributed by atoms with Gasteiger partial charge in [0.2, 0.25) is 5.95 Å². The van der Waals surface area contributed by atoms with E-state index in [1.165, 1.54) is 0 Å². The maximum atomic E-state index is 9.31. The Kier molecular flexibility index (Phi) is 3.41. The van der Waals surface area contributed by atoms with Gasteiger partial charge in [-0.1, -0.05) is 23.3 Å². The van der Waals surface area contributed by atoms with E-state index in [0.717, 1.165) is 37.6 Å². The molecule has 0 radical (unpaired) electrons. The fourth-order valence-corrected chi connectivity index (χ4v) is 2.51. The molecule has 100 valence electrons. The van der Waals surface area contributed by atoms with Gasteiger partial charge in [0.15, 0.2) is 0 Å². The molecule has 3 rings (SSSR count). The van der Waals surface area contributed by atoms with Crippen molar-refractivity contribution >= 4 is 5.95 Å². The molecule has 0 bridgehead atoms. The number of benzene rings is 1. The fraction of sp³-hybridized carbons (Fsp3) is 0.462. The number of aliphatic hydroxyl groups is 1. The third-order valence-corrected chi connectivity index (χ3v) is 3.51. The molecule has 0 saturated carbocycles. The number of piperidine rings is 1. The van der Waals surface area contributed by atoms with Crippen LogP contribution < -0.4 is 4.90 Å². The van der Waals surface area contributed by atoms with Crippen LogP contribution in [0.2, 0.25) is 0 Å². The standard InChI is InChI=1S/C13H17N5O/c19-10-11-5-4-8-17(9-11)13-14-15-16-18(13)12-6-2-1-3-7-12/h1-3,6-7,11,19H,4-5,8-10H2/t11-/m0/s1. The summed E-state index contributed by atoms with van der Waals surface area (Å²) in [5, 5.41) is 21.3. The summed E-state index contributed by atoms with van der Waals surface area (Å²) in [6, 6.07) is 9.86. The van der Waals surface area contributed by atoms with E-state index in [4.69, 9.17) is 0 Å². The first-order valence-electron chi connectivity index (χ1n) is 6.58. The molecule has 1 aromatic carbocycles. The van der Waals surface area contributed by atoms with Crippen LogP contribution in [0.3, 0.4) is 0 Å². The third kappa shape index (κ3) is 2.44. The van der Waals surface area contributed by atoms with Gasteiger partial charge in [-0.15, -0.1) is 0 Å². The molecule has 1 N–H and O–H groups in total. The molecule has 6 nitrogen and oxygen atoms in total. The zero-order chi connectivity index (χ0) is 13.1. The molecular formula is C13H17N5O. The molecule has 1 aliphatic heterocycles. The quantitative estimate of drug-likeness (QED) is 0.886. The van der Waals surface area contributed by atoms with Crippen LogP contribution in [0.25, 0.3) is 5.69 Å². The van der Waals surface area contributed by atoms with E-state index in [1.807, 2.05) is 30.3 Å². The second-order valence-corrected chi connectivity index (χ2v) is 4.86. The summed E-state index contributed by atoms with van der Waals surface area (Å²) in [6.45, 7) is 1.97. The van der Waals surface area contributed by atoms with E-state index in [0.29, 0.717) is 5.92 Å². The van der Waals surface area contributed by atoms with Gasteiger partial charge in [-0.05, 0) is 41.3 Å². The molecule has 2 heterocycles. The lowest BCUT2D eigenvalue weighted by Crippen LogP contribution is -2.38. The van der Waals surface area contributed by atoms with Crippen molar-refractivity contribution in [1.82, 2.24) is 20.2 Å². The highest BCUT2D eigenvalue weighted by molar-refractivity contribution is 5.40. The van der Waals surface area contributed by atoms with Crippen LogP contribution in [0.5, 0.6) is 0 Å². The van der Waals surface area contributed by atoms with Gasteiger partial charge in [0.05, 0.1) is 5.69 Å². The summed E-state index contributed by atoms with van der Waals surface area (Å²) >= 11 is 0. The molecule has 1 aromatic heterocycles. The highest BCUT2D eigenvalue weighted by Crippen LogP contribution is 2.22. The largest absolute Gasteiger partial charge is 0.396 e. The minimum absolute atomic E-state index is 0.226. The number of para-hydroxylation sites is 1. The molecule has 2 aromatic rings. The number of rotatable bonds is 3. The van der Waals surface area contributed by atoms with Gasteiger partial charge < -0.3 is 10.0 Å². The van der Waals surface area contributed by atoms with E-state index in [1.54, 1.807) is 4.68 Å². The molecule has 1 aliphatic rings. The van der Waals surface area contributed by atoms with E-state index < -0.39 is 0 Å². The van der Waals surface area contributed by atoms with Crippen LogP contribution in [0.15, 0.2) is 30.3 Å².